The molecular weight excluding hydrogens is 152 g/mol. The van der Waals surface area contributed by atoms with Crippen molar-refractivity contribution in [1.82, 2.24) is 0 Å². The van der Waals surface area contributed by atoms with Crippen LogP contribution in [0.5, 0.6) is 0 Å². The van der Waals surface area contributed by atoms with Gasteiger partial charge in [-0.15, -0.1) is 0 Å². The number of carbonyl (C=O) groups is 1. The zero-order valence-corrected chi connectivity index (χ0v) is 7.24. The van der Waals surface area contributed by atoms with Crippen LogP contribution in [0.3, 0.4) is 0 Å². The lowest BCUT2D eigenvalue weighted by atomic mass is 10.3. The quantitative estimate of drug-likeness (QED) is 0.683. The molecule has 3 heteroatoms. The minimum absolute atomic E-state index is 0.671. The van der Waals surface area contributed by atoms with Crippen LogP contribution in [0.25, 0.3) is 0 Å². The van der Waals surface area contributed by atoms with Crippen LogP contribution in [0, 0.1) is 0 Å². The number of carbonyl (C=O) groups excluding carboxylic acids is 1. The van der Waals surface area contributed by atoms with Crippen molar-refractivity contribution in [3.63, 3.8) is 0 Å². The lowest BCUT2D eigenvalue weighted by molar-refractivity contribution is -0.105. The Bertz CT molecular complexity index is 254. The second-order valence-electron chi connectivity index (χ2n) is 2.70. The third-order valence-corrected chi connectivity index (χ3v) is 1.61. The summed E-state index contributed by atoms with van der Waals surface area (Å²) in [7, 11) is 3.95. The summed E-state index contributed by atoms with van der Waals surface area (Å²) in [6, 6.07) is 7.63. The lowest BCUT2D eigenvalue weighted by Crippen LogP contribution is -2.08. The number of nitrogens with one attached hydrogen (secondary N) is 1. The van der Waals surface area contributed by atoms with Crippen LogP contribution in [0.4, 0.5) is 11.4 Å². The first kappa shape index (κ1) is 8.59. The number of hydrogen-bond acceptors (Lipinski definition) is 2. The Balaban J connectivity index is 2.78. The summed E-state index contributed by atoms with van der Waals surface area (Å²) < 4.78 is 0. The predicted octanol–water partition coefficient (Wildman–Crippen LogP) is 1.32. The molecule has 1 aromatic carbocycles. The molecule has 0 atom stereocenters. The van der Waals surface area contributed by atoms with Crippen molar-refractivity contribution in [1.29, 1.82) is 0 Å². The Morgan fingerprint density at radius 3 is 2.25 bits per heavy atom. The number of rotatable bonds is 3. The van der Waals surface area contributed by atoms with Crippen LogP contribution < -0.4 is 10.2 Å². The summed E-state index contributed by atoms with van der Waals surface area (Å²) in [5.41, 5.74) is 1.93. The topological polar surface area (TPSA) is 32.3 Å². The summed E-state index contributed by atoms with van der Waals surface area (Å²) in [6.45, 7) is 0. The minimum atomic E-state index is 0.671. The van der Waals surface area contributed by atoms with Gasteiger partial charge in [0, 0.05) is 25.5 Å². The van der Waals surface area contributed by atoms with Crippen LogP contribution in [-0.2, 0) is 4.79 Å². The SMILES string of the molecule is CN(C)c1ccc(NC=O)cc1. The van der Waals surface area contributed by atoms with E-state index in [1.807, 2.05) is 43.3 Å². The molecular formula is C9H12N2O. The zero-order valence-electron chi connectivity index (χ0n) is 7.24. The molecule has 0 aromatic heterocycles. The Morgan fingerprint density at radius 2 is 1.83 bits per heavy atom. The Kier molecular flexibility index (Phi) is 2.69. The van der Waals surface area contributed by atoms with Crippen molar-refractivity contribution >= 4 is 17.8 Å². The van der Waals surface area contributed by atoms with Crippen LogP contribution in [0.2, 0.25) is 0 Å². The average molecular weight is 164 g/mol. The fourth-order valence-electron chi connectivity index (χ4n) is 0.924. The summed E-state index contributed by atoms with van der Waals surface area (Å²) >= 11 is 0. The normalized spacial score (nSPS) is 9.17. The molecule has 1 amide bonds. The summed E-state index contributed by atoms with van der Waals surface area (Å²) in [5, 5.41) is 2.57. The Labute approximate surface area is 72.0 Å². The molecule has 1 rings (SSSR count). The predicted molar refractivity (Wildman–Crippen MR) is 50.5 cm³/mol. The van der Waals surface area contributed by atoms with Crippen molar-refractivity contribution in [3.8, 4) is 0 Å². The number of amides is 1. The second kappa shape index (κ2) is 3.76. The maximum atomic E-state index is 10.1. The van der Waals surface area contributed by atoms with Crippen LogP contribution in [-0.4, -0.2) is 20.5 Å². The van der Waals surface area contributed by atoms with Gasteiger partial charge in [-0.3, -0.25) is 4.79 Å². The third kappa shape index (κ3) is 1.99. The molecule has 0 radical (unpaired) electrons. The number of hydrogen-bond donors (Lipinski definition) is 1. The molecule has 0 saturated carbocycles. The fourth-order valence-corrected chi connectivity index (χ4v) is 0.924. The largest absolute Gasteiger partial charge is 0.378 e. The molecule has 1 N–H and O–H groups in total. The number of nitrogens with zero attached hydrogens (tertiary/aromatic N) is 1. The summed E-state index contributed by atoms with van der Waals surface area (Å²) in [4.78, 5) is 12.1. The van der Waals surface area contributed by atoms with Gasteiger partial charge in [0.25, 0.3) is 0 Å². The van der Waals surface area contributed by atoms with E-state index in [1.165, 1.54) is 0 Å². The van der Waals surface area contributed by atoms with E-state index < -0.39 is 0 Å². The highest BCUT2D eigenvalue weighted by atomic mass is 16.1. The van der Waals surface area contributed by atoms with Gasteiger partial charge >= 0.3 is 0 Å². The lowest BCUT2D eigenvalue weighted by Gasteiger charge is -2.12. The first-order valence-electron chi connectivity index (χ1n) is 3.71. The van der Waals surface area contributed by atoms with Crippen LogP contribution in [0.15, 0.2) is 24.3 Å². The van der Waals surface area contributed by atoms with Crippen LogP contribution in [0.1, 0.15) is 0 Å². The summed E-state index contributed by atoms with van der Waals surface area (Å²) in [5.74, 6) is 0. The minimum Gasteiger partial charge on any atom is -0.378 e. The second-order valence-corrected chi connectivity index (χ2v) is 2.70. The summed E-state index contributed by atoms with van der Waals surface area (Å²) in [6.07, 6.45) is 0.671. The monoisotopic (exact) mass is 164 g/mol. The molecule has 0 spiro atoms. The molecule has 0 aliphatic rings. The van der Waals surface area contributed by atoms with Gasteiger partial charge in [0.2, 0.25) is 6.41 Å². The fraction of sp³-hybridized carbons (Fsp3) is 0.222. The number of benzene rings is 1. The molecule has 0 aliphatic carbocycles. The smallest absolute Gasteiger partial charge is 0.211 e. The highest BCUT2D eigenvalue weighted by molar-refractivity contribution is 5.72. The molecule has 12 heavy (non-hydrogen) atoms. The number of anilines is 2. The van der Waals surface area contributed by atoms with Crippen molar-refractivity contribution in [2.45, 2.75) is 0 Å². The molecule has 64 valence electrons. The Morgan fingerprint density at radius 1 is 1.25 bits per heavy atom. The van der Waals surface area contributed by atoms with E-state index in [1.54, 1.807) is 0 Å². The van der Waals surface area contributed by atoms with E-state index in [9.17, 15) is 4.79 Å². The average Bonchev–Trinajstić information content (AvgIpc) is 2.06. The molecule has 1 aromatic rings. The maximum absolute atomic E-state index is 10.1. The zero-order chi connectivity index (χ0) is 8.97. The van der Waals surface area contributed by atoms with Crippen molar-refractivity contribution in [2.24, 2.45) is 0 Å². The van der Waals surface area contributed by atoms with Gasteiger partial charge in [0.15, 0.2) is 0 Å². The van der Waals surface area contributed by atoms with Gasteiger partial charge in [0.05, 0.1) is 0 Å². The highest BCUT2D eigenvalue weighted by Crippen LogP contribution is 2.14. The van der Waals surface area contributed by atoms with E-state index in [-0.39, 0.29) is 0 Å². The molecule has 0 heterocycles. The molecule has 0 bridgehead atoms. The third-order valence-electron chi connectivity index (χ3n) is 1.61. The first-order chi connectivity index (χ1) is 5.74. The maximum Gasteiger partial charge on any atom is 0.211 e. The van der Waals surface area contributed by atoms with E-state index in [4.69, 9.17) is 0 Å². The van der Waals surface area contributed by atoms with Gasteiger partial charge in [0.1, 0.15) is 0 Å². The van der Waals surface area contributed by atoms with Gasteiger partial charge in [-0.2, -0.15) is 0 Å². The standard InChI is InChI=1S/C9H12N2O/c1-11(2)9-5-3-8(4-6-9)10-7-12/h3-7H,1-2H3,(H,10,12). The van der Waals surface area contributed by atoms with Gasteiger partial charge in [-0.05, 0) is 24.3 Å². The van der Waals surface area contributed by atoms with E-state index in [2.05, 4.69) is 5.32 Å². The van der Waals surface area contributed by atoms with E-state index in [0.717, 1.165) is 11.4 Å². The highest BCUT2D eigenvalue weighted by Gasteiger charge is 1.93. The van der Waals surface area contributed by atoms with Crippen molar-refractivity contribution in [2.75, 3.05) is 24.3 Å². The molecule has 3 nitrogen and oxygen atoms in total. The molecule has 0 unspecified atom stereocenters. The van der Waals surface area contributed by atoms with Crippen molar-refractivity contribution in [3.05, 3.63) is 24.3 Å². The molecule has 0 aliphatic heterocycles. The van der Waals surface area contributed by atoms with Gasteiger partial charge < -0.3 is 10.2 Å². The van der Waals surface area contributed by atoms with Crippen LogP contribution >= 0.6 is 0 Å². The molecule has 0 fully saturated rings. The first-order valence-corrected chi connectivity index (χ1v) is 3.71. The van der Waals surface area contributed by atoms with E-state index >= 15 is 0 Å². The molecule has 0 saturated heterocycles. The Hall–Kier alpha value is -1.51. The van der Waals surface area contributed by atoms with Crippen molar-refractivity contribution < 1.29 is 4.79 Å². The van der Waals surface area contributed by atoms with Gasteiger partial charge in [-0.25, -0.2) is 0 Å². The van der Waals surface area contributed by atoms with Gasteiger partial charge in [-0.1, -0.05) is 0 Å². The van der Waals surface area contributed by atoms with E-state index in [0.29, 0.717) is 6.41 Å².